The van der Waals surface area contributed by atoms with Gasteiger partial charge in [0.1, 0.15) is 5.75 Å². The minimum absolute atomic E-state index is 0.0487. The average Bonchev–Trinajstić information content (AvgIpc) is 2.77. The first-order chi connectivity index (χ1) is 14.0. The van der Waals surface area contributed by atoms with Crippen LogP contribution in [-0.2, 0) is 9.53 Å². The highest BCUT2D eigenvalue weighted by Crippen LogP contribution is 2.35. The molecule has 2 saturated heterocycles. The van der Waals surface area contributed by atoms with Crippen molar-refractivity contribution in [2.45, 2.75) is 38.1 Å². The molecule has 1 aromatic rings. The van der Waals surface area contributed by atoms with Crippen LogP contribution >= 0.6 is 0 Å². The first-order valence-corrected chi connectivity index (χ1v) is 10.5. The fourth-order valence-corrected chi connectivity index (χ4v) is 4.68. The highest BCUT2D eigenvalue weighted by molar-refractivity contribution is 5.94. The first-order valence-electron chi connectivity index (χ1n) is 10.5. The summed E-state index contributed by atoms with van der Waals surface area (Å²) in [6.07, 6.45) is 4.29. The van der Waals surface area contributed by atoms with E-state index in [1.165, 1.54) is 0 Å². The zero-order valence-corrected chi connectivity index (χ0v) is 17.6. The summed E-state index contributed by atoms with van der Waals surface area (Å²) in [4.78, 5) is 29.4. The largest absolute Gasteiger partial charge is 0.497 e. The minimum Gasteiger partial charge on any atom is -0.497 e. The Morgan fingerprint density at radius 1 is 1.21 bits per heavy atom. The molecule has 1 unspecified atom stereocenters. The lowest BCUT2D eigenvalue weighted by Crippen LogP contribution is -2.56. The number of hydrogen-bond donors (Lipinski definition) is 1. The molecule has 2 heterocycles. The normalized spacial score (nSPS) is 23.7. The summed E-state index contributed by atoms with van der Waals surface area (Å²) in [5.74, 6) is 0.523. The highest BCUT2D eigenvalue weighted by atomic mass is 16.5. The van der Waals surface area contributed by atoms with Crippen LogP contribution in [0.3, 0.4) is 0 Å². The zero-order valence-electron chi connectivity index (χ0n) is 17.6. The number of piperidine rings is 2. The molecule has 0 radical (unpaired) electrons. The predicted octanol–water partition coefficient (Wildman–Crippen LogP) is 1.90. The van der Waals surface area contributed by atoms with Gasteiger partial charge in [0.2, 0.25) is 5.91 Å². The van der Waals surface area contributed by atoms with Crippen LogP contribution in [-0.4, -0.2) is 74.7 Å². The van der Waals surface area contributed by atoms with Crippen LogP contribution in [0.25, 0.3) is 0 Å². The van der Waals surface area contributed by atoms with E-state index in [2.05, 4.69) is 4.90 Å². The van der Waals surface area contributed by atoms with Gasteiger partial charge in [-0.3, -0.25) is 14.5 Å². The van der Waals surface area contributed by atoms with E-state index in [0.29, 0.717) is 36.9 Å². The number of ether oxygens (including phenoxy) is 2. The number of rotatable bonds is 7. The van der Waals surface area contributed by atoms with Gasteiger partial charge in [-0.05, 0) is 56.8 Å². The van der Waals surface area contributed by atoms with E-state index in [9.17, 15) is 9.59 Å². The van der Waals surface area contributed by atoms with Gasteiger partial charge in [-0.1, -0.05) is 6.07 Å². The molecular formula is C22H33N3O4. The smallest absolute Gasteiger partial charge is 0.253 e. The van der Waals surface area contributed by atoms with E-state index in [1.807, 2.05) is 23.1 Å². The summed E-state index contributed by atoms with van der Waals surface area (Å²) in [6, 6.07) is 7.68. The lowest BCUT2D eigenvalue weighted by molar-refractivity contribution is -0.133. The minimum atomic E-state index is -0.498. The Hall–Kier alpha value is -2.12. The second-order valence-corrected chi connectivity index (χ2v) is 8.22. The summed E-state index contributed by atoms with van der Waals surface area (Å²) in [5.41, 5.74) is 5.96. The maximum Gasteiger partial charge on any atom is 0.253 e. The second-order valence-electron chi connectivity index (χ2n) is 8.22. The molecule has 2 N–H and O–H groups in total. The number of nitrogens with two attached hydrogens (primary N) is 1. The van der Waals surface area contributed by atoms with Crippen LogP contribution in [0.4, 0.5) is 0 Å². The summed E-state index contributed by atoms with van der Waals surface area (Å²) in [7, 11) is 3.26. The van der Waals surface area contributed by atoms with Gasteiger partial charge in [0, 0.05) is 45.0 Å². The number of benzene rings is 1. The van der Waals surface area contributed by atoms with Crippen molar-refractivity contribution in [2.75, 3.05) is 47.0 Å². The number of primary amides is 1. The van der Waals surface area contributed by atoms with Crippen LogP contribution in [0.1, 0.15) is 42.5 Å². The third-order valence-corrected chi connectivity index (χ3v) is 6.50. The molecule has 0 aromatic heterocycles. The molecule has 0 spiro atoms. The van der Waals surface area contributed by atoms with Gasteiger partial charge in [0.05, 0.1) is 12.5 Å². The molecule has 160 valence electrons. The Labute approximate surface area is 173 Å². The van der Waals surface area contributed by atoms with E-state index >= 15 is 0 Å². The van der Waals surface area contributed by atoms with Crippen molar-refractivity contribution in [3.63, 3.8) is 0 Å². The van der Waals surface area contributed by atoms with Crippen LogP contribution in [0, 0.1) is 5.41 Å². The standard InChI is InChI=1S/C22H33N3O4/c1-28-14-10-22(21(23)27)9-4-11-25(16-22)18-7-12-24(13-8-18)20(26)17-5-3-6-19(15-17)29-2/h3,5-6,15,18H,4,7-14,16H2,1-2H3,(H2,23,27). The predicted molar refractivity (Wildman–Crippen MR) is 111 cm³/mol. The van der Waals surface area contributed by atoms with Gasteiger partial charge in [-0.15, -0.1) is 0 Å². The van der Waals surface area contributed by atoms with Crippen LogP contribution in [0.15, 0.2) is 24.3 Å². The number of amides is 2. The molecular weight excluding hydrogens is 370 g/mol. The molecule has 29 heavy (non-hydrogen) atoms. The van der Waals surface area contributed by atoms with Crippen molar-refractivity contribution in [1.29, 1.82) is 0 Å². The first kappa shape index (κ1) is 21.6. The lowest BCUT2D eigenvalue weighted by Gasteiger charge is -2.46. The molecule has 2 fully saturated rings. The Balaban J connectivity index is 1.59. The summed E-state index contributed by atoms with van der Waals surface area (Å²) < 4.78 is 10.5. The molecule has 1 aromatic carbocycles. The monoisotopic (exact) mass is 403 g/mol. The molecule has 1 atom stereocenters. The molecule has 0 aliphatic carbocycles. The maximum absolute atomic E-state index is 12.8. The summed E-state index contributed by atoms with van der Waals surface area (Å²) >= 11 is 0. The quantitative estimate of drug-likeness (QED) is 0.752. The number of likely N-dealkylation sites (tertiary alicyclic amines) is 2. The molecule has 7 nitrogen and oxygen atoms in total. The zero-order chi connectivity index (χ0) is 20.9. The molecule has 2 aliphatic heterocycles. The second kappa shape index (κ2) is 9.59. The Morgan fingerprint density at radius 3 is 2.62 bits per heavy atom. The number of nitrogens with zero attached hydrogens (tertiary/aromatic N) is 2. The number of carbonyl (C=O) groups is 2. The van der Waals surface area contributed by atoms with Gasteiger partial charge in [0.15, 0.2) is 0 Å². The van der Waals surface area contributed by atoms with Crippen molar-refractivity contribution in [3.05, 3.63) is 29.8 Å². The maximum atomic E-state index is 12.8. The third kappa shape index (κ3) is 4.90. The van der Waals surface area contributed by atoms with Crippen molar-refractivity contribution in [3.8, 4) is 5.75 Å². The van der Waals surface area contributed by atoms with E-state index in [-0.39, 0.29) is 11.8 Å². The fraction of sp³-hybridized carbons (Fsp3) is 0.636. The van der Waals surface area contributed by atoms with E-state index in [1.54, 1.807) is 20.3 Å². The van der Waals surface area contributed by atoms with Gasteiger partial charge in [-0.25, -0.2) is 0 Å². The third-order valence-electron chi connectivity index (χ3n) is 6.50. The Morgan fingerprint density at radius 2 is 1.97 bits per heavy atom. The van der Waals surface area contributed by atoms with Crippen molar-refractivity contribution >= 4 is 11.8 Å². The Kier molecular flexibility index (Phi) is 7.14. The number of carbonyl (C=O) groups excluding carboxylic acids is 2. The van der Waals surface area contributed by atoms with Crippen molar-refractivity contribution in [1.82, 2.24) is 9.80 Å². The molecule has 0 bridgehead atoms. The van der Waals surface area contributed by atoms with E-state index in [0.717, 1.165) is 45.3 Å². The van der Waals surface area contributed by atoms with Crippen molar-refractivity contribution in [2.24, 2.45) is 11.1 Å². The van der Waals surface area contributed by atoms with Crippen LogP contribution < -0.4 is 10.5 Å². The topological polar surface area (TPSA) is 85.1 Å². The Bertz CT molecular complexity index is 718. The van der Waals surface area contributed by atoms with Gasteiger partial charge >= 0.3 is 0 Å². The van der Waals surface area contributed by atoms with Gasteiger partial charge < -0.3 is 20.1 Å². The van der Waals surface area contributed by atoms with E-state index in [4.69, 9.17) is 15.2 Å². The number of methoxy groups -OCH3 is 2. The summed E-state index contributed by atoms with van der Waals surface area (Å²) in [6.45, 7) is 3.67. The number of hydrogen-bond acceptors (Lipinski definition) is 5. The molecule has 0 saturated carbocycles. The van der Waals surface area contributed by atoms with Crippen LogP contribution in [0.2, 0.25) is 0 Å². The van der Waals surface area contributed by atoms with Crippen LogP contribution in [0.5, 0.6) is 5.75 Å². The lowest BCUT2D eigenvalue weighted by atomic mass is 9.76. The van der Waals surface area contributed by atoms with E-state index < -0.39 is 5.41 Å². The molecule has 2 aliphatic rings. The molecule has 2 amide bonds. The fourth-order valence-electron chi connectivity index (χ4n) is 4.68. The highest BCUT2D eigenvalue weighted by Gasteiger charge is 2.42. The SMILES string of the molecule is COCCC1(C(N)=O)CCCN(C2CCN(C(=O)c3cccc(OC)c3)CC2)C1. The average molecular weight is 404 g/mol. The summed E-state index contributed by atoms with van der Waals surface area (Å²) in [5, 5.41) is 0. The van der Waals surface area contributed by atoms with Gasteiger partial charge in [0.25, 0.3) is 5.91 Å². The van der Waals surface area contributed by atoms with Crippen molar-refractivity contribution < 1.29 is 19.1 Å². The van der Waals surface area contributed by atoms with Gasteiger partial charge in [-0.2, -0.15) is 0 Å². The molecule has 7 heteroatoms. The molecule has 3 rings (SSSR count).